The molecule has 1 heterocycles. The quantitative estimate of drug-likeness (QED) is 0.675. The minimum Gasteiger partial charge on any atom is -0.497 e. The maximum absolute atomic E-state index is 12.8. The predicted molar refractivity (Wildman–Crippen MR) is 89.3 cm³/mol. The molecule has 8 heteroatoms. The molecule has 0 spiro atoms. The lowest BCUT2D eigenvalue weighted by molar-refractivity contribution is -0.137. The summed E-state index contributed by atoms with van der Waals surface area (Å²) < 4.78 is 43.6. The van der Waals surface area contributed by atoms with E-state index in [0.717, 1.165) is 18.2 Å². The number of nitrogens with one attached hydrogen (secondary N) is 2. The molecule has 0 atom stereocenters. The summed E-state index contributed by atoms with van der Waals surface area (Å²) in [5.74, 6) is -0.0287. The first-order chi connectivity index (χ1) is 11.8. The van der Waals surface area contributed by atoms with Crippen LogP contribution in [0, 0.1) is 0 Å². The molecule has 3 aromatic rings. The van der Waals surface area contributed by atoms with E-state index >= 15 is 0 Å². The van der Waals surface area contributed by atoms with Crippen molar-refractivity contribution in [1.29, 1.82) is 0 Å². The van der Waals surface area contributed by atoms with E-state index in [1.807, 2.05) is 0 Å². The standard InChI is InChI=1S/C17H12ClF3N2O2/c1-25-10-3-5-14-11(7-10)12(8-22-14)16(24)23-15-6-9(17(19,20)21)2-4-13(15)18/h2-8,22H,1H3,(H,23,24). The van der Waals surface area contributed by atoms with Gasteiger partial charge < -0.3 is 15.0 Å². The average Bonchev–Trinajstić information content (AvgIpc) is 2.98. The number of ether oxygens (including phenoxy) is 1. The van der Waals surface area contributed by atoms with Crippen LogP contribution >= 0.6 is 11.6 Å². The number of carbonyl (C=O) groups excluding carboxylic acids is 1. The zero-order valence-corrected chi connectivity index (χ0v) is 13.6. The number of fused-ring (bicyclic) bond motifs is 1. The van der Waals surface area contributed by atoms with Gasteiger partial charge in [0, 0.05) is 17.1 Å². The van der Waals surface area contributed by atoms with Crippen LogP contribution in [0.25, 0.3) is 10.9 Å². The van der Waals surface area contributed by atoms with Crippen LogP contribution in [0.15, 0.2) is 42.6 Å². The van der Waals surface area contributed by atoms with Gasteiger partial charge in [-0.3, -0.25) is 4.79 Å². The monoisotopic (exact) mass is 368 g/mol. The highest BCUT2D eigenvalue weighted by Crippen LogP contribution is 2.34. The van der Waals surface area contributed by atoms with E-state index in [9.17, 15) is 18.0 Å². The summed E-state index contributed by atoms with van der Waals surface area (Å²) in [6.07, 6.45) is -3.06. The molecule has 0 aliphatic rings. The van der Waals surface area contributed by atoms with Crippen LogP contribution in [0.5, 0.6) is 5.75 Å². The Kier molecular flexibility index (Phi) is 4.34. The summed E-state index contributed by atoms with van der Waals surface area (Å²) in [6.45, 7) is 0. The number of H-pyrrole nitrogens is 1. The van der Waals surface area contributed by atoms with Gasteiger partial charge in [-0.2, -0.15) is 13.2 Å². The van der Waals surface area contributed by atoms with Gasteiger partial charge in [0.05, 0.1) is 28.9 Å². The van der Waals surface area contributed by atoms with E-state index < -0.39 is 17.6 Å². The molecule has 1 amide bonds. The molecular weight excluding hydrogens is 357 g/mol. The number of benzene rings is 2. The summed E-state index contributed by atoms with van der Waals surface area (Å²) >= 11 is 5.91. The molecule has 0 radical (unpaired) electrons. The molecule has 0 unspecified atom stereocenters. The Labute approximate surface area is 145 Å². The highest BCUT2D eigenvalue weighted by molar-refractivity contribution is 6.34. The maximum atomic E-state index is 12.8. The fraction of sp³-hybridized carbons (Fsp3) is 0.118. The lowest BCUT2D eigenvalue weighted by Gasteiger charge is -2.11. The second-order valence-electron chi connectivity index (χ2n) is 5.26. The Morgan fingerprint density at radius 3 is 2.64 bits per heavy atom. The molecule has 0 saturated heterocycles. The van der Waals surface area contributed by atoms with Gasteiger partial charge in [0.25, 0.3) is 5.91 Å². The van der Waals surface area contributed by atoms with Gasteiger partial charge in [0.2, 0.25) is 0 Å². The molecule has 3 rings (SSSR count). The van der Waals surface area contributed by atoms with Crippen LogP contribution in [-0.4, -0.2) is 18.0 Å². The summed E-state index contributed by atoms with van der Waals surface area (Å²) in [5.41, 5.74) is -0.0463. The number of aromatic amines is 1. The SMILES string of the molecule is COc1ccc2[nH]cc(C(=O)Nc3cc(C(F)(F)F)ccc3Cl)c2c1. The van der Waals surface area contributed by atoms with Gasteiger partial charge in [0.15, 0.2) is 0 Å². The number of hydrogen-bond acceptors (Lipinski definition) is 2. The first kappa shape index (κ1) is 17.2. The van der Waals surface area contributed by atoms with Crippen molar-refractivity contribution in [2.24, 2.45) is 0 Å². The lowest BCUT2D eigenvalue weighted by atomic mass is 10.1. The normalized spacial score (nSPS) is 11.6. The Bertz CT molecular complexity index is 951. The number of carbonyl (C=O) groups is 1. The van der Waals surface area contributed by atoms with Crippen LogP contribution in [0.1, 0.15) is 15.9 Å². The summed E-state index contributed by atoms with van der Waals surface area (Å²) in [6, 6.07) is 7.88. The van der Waals surface area contributed by atoms with Gasteiger partial charge in [-0.15, -0.1) is 0 Å². The highest BCUT2D eigenvalue weighted by Gasteiger charge is 2.31. The molecule has 0 saturated carbocycles. The minimum atomic E-state index is -4.53. The largest absolute Gasteiger partial charge is 0.497 e. The number of amides is 1. The molecule has 4 nitrogen and oxygen atoms in total. The van der Waals surface area contributed by atoms with Gasteiger partial charge in [-0.25, -0.2) is 0 Å². The Balaban J connectivity index is 1.95. The van der Waals surface area contributed by atoms with Crippen LogP contribution in [0.3, 0.4) is 0 Å². The first-order valence-corrected chi connectivity index (χ1v) is 7.50. The van der Waals surface area contributed by atoms with Crippen molar-refractivity contribution in [2.45, 2.75) is 6.18 Å². The maximum Gasteiger partial charge on any atom is 0.416 e. The third kappa shape index (κ3) is 3.41. The second kappa shape index (κ2) is 6.33. The van der Waals surface area contributed by atoms with E-state index in [4.69, 9.17) is 16.3 Å². The third-order valence-corrected chi connectivity index (χ3v) is 4.01. The number of hydrogen-bond donors (Lipinski definition) is 2. The van der Waals surface area contributed by atoms with Crippen LogP contribution in [-0.2, 0) is 6.18 Å². The topological polar surface area (TPSA) is 54.1 Å². The number of rotatable bonds is 3. The molecule has 2 N–H and O–H groups in total. The van der Waals surface area contributed by atoms with Crippen molar-refractivity contribution in [2.75, 3.05) is 12.4 Å². The zero-order valence-electron chi connectivity index (χ0n) is 12.9. The van der Waals surface area contributed by atoms with Crippen LogP contribution < -0.4 is 10.1 Å². The third-order valence-electron chi connectivity index (χ3n) is 3.68. The van der Waals surface area contributed by atoms with Gasteiger partial charge >= 0.3 is 6.18 Å². The number of alkyl halides is 3. The van der Waals surface area contributed by atoms with Gasteiger partial charge in [-0.1, -0.05) is 11.6 Å². The van der Waals surface area contributed by atoms with E-state index in [1.165, 1.54) is 13.3 Å². The van der Waals surface area contributed by atoms with Gasteiger partial charge in [0.1, 0.15) is 5.75 Å². The van der Waals surface area contributed by atoms with Crippen LogP contribution in [0.2, 0.25) is 5.02 Å². The molecule has 0 fully saturated rings. The van der Waals surface area contributed by atoms with Crippen molar-refractivity contribution >= 4 is 34.1 Å². The Morgan fingerprint density at radius 2 is 1.96 bits per heavy atom. The fourth-order valence-corrected chi connectivity index (χ4v) is 2.57. The van der Waals surface area contributed by atoms with E-state index in [-0.39, 0.29) is 16.3 Å². The van der Waals surface area contributed by atoms with Crippen molar-refractivity contribution in [3.63, 3.8) is 0 Å². The first-order valence-electron chi connectivity index (χ1n) is 7.13. The summed E-state index contributed by atoms with van der Waals surface area (Å²) in [5, 5.41) is 3.02. The Morgan fingerprint density at radius 1 is 1.20 bits per heavy atom. The van der Waals surface area contributed by atoms with Crippen molar-refractivity contribution in [1.82, 2.24) is 4.98 Å². The van der Waals surface area contributed by atoms with E-state index in [1.54, 1.807) is 18.2 Å². The smallest absolute Gasteiger partial charge is 0.416 e. The van der Waals surface area contributed by atoms with Crippen molar-refractivity contribution in [3.05, 3.63) is 58.7 Å². The number of halogens is 4. The molecule has 0 aliphatic carbocycles. The molecule has 130 valence electrons. The van der Waals surface area contributed by atoms with Crippen molar-refractivity contribution in [3.8, 4) is 5.75 Å². The van der Waals surface area contributed by atoms with Crippen molar-refractivity contribution < 1.29 is 22.7 Å². The molecule has 0 bridgehead atoms. The Hall–Kier alpha value is -2.67. The van der Waals surface area contributed by atoms with E-state index in [2.05, 4.69) is 10.3 Å². The summed E-state index contributed by atoms with van der Waals surface area (Å²) in [4.78, 5) is 15.4. The number of anilines is 1. The highest BCUT2D eigenvalue weighted by atomic mass is 35.5. The fourth-order valence-electron chi connectivity index (χ4n) is 2.40. The number of aromatic nitrogens is 1. The van der Waals surface area contributed by atoms with E-state index in [0.29, 0.717) is 16.7 Å². The zero-order chi connectivity index (χ0) is 18.2. The average molecular weight is 369 g/mol. The molecular formula is C17H12ClF3N2O2. The summed E-state index contributed by atoms with van der Waals surface area (Å²) in [7, 11) is 1.50. The predicted octanol–water partition coefficient (Wildman–Crippen LogP) is 5.10. The number of methoxy groups -OCH3 is 1. The lowest BCUT2D eigenvalue weighted by Crippen LogP contribution is -2.13. The molecule has 25 heavy (non-hydrogen) atoms. The molecule has 2 aromatic carbocycles. The van der Waals surface area contributed by atoms with Crippen LogP contribution in [0.4, 0.5) is 18.9 Å². The minimum absolute atomic E-state index is 0.0128. The van der Waals surface area contributed by atoms with Gasteiger partial charge in [-0.05, 0) is 36.4 Å². The second-order valence-corrected chi connectivity index (χ2v) is 5.67. The molecule has 1 aromatic heterocycles. The molecule has 0 aliphatic heterocycles.